The Kier molecular flexibility index (Phi) is 6.58. The standard InChI is InChI=1S/C21H19FIN3O5/c1-21(2,3)31-20(28)26-19(27)30-18-16-12(14(23)10-25-18)6-5-11(17(16)22)13-9-24-8-7-15(13)29-4/h5-10H,1-4H3,(H,26,27,28). The molecule has 0 spiro atoms. The summed E-state index contributed by atoms with van der Waals surface area (Å²) in [7, 11) is 1.47. The molecule has 162 valence electrons. The third-order valence-corrected chi connectivity index (χ3v) is 4.85. The van der Waals surface area contributed by atoms with Crippen LogP contribution in [0.25, 0.3) is 21.9 Å². The third-order valence-electron chi connectivity index (χ3n) is 3.99. The molecule has 0 radical (unpaired) electrons. The van der Waals surface area contributed by atoms with E-state index >= 15 is 4.39 Å². The molecule has 0 saturated heterocycles. The zero-order chi connectivity index (χ0) is 22.8. The monoisotopic (exact) mass is 539 g/mol. The highest BCUT2D eigenvalue weighted by Crippen LogP contribution is 2.38. The van der Waals surface area contributed by atoms with Gasteiger partial charge in [-0.15, -0.1) is 0 Å². The molecule has 8 nitrogen and oxygen atoms in total. The Balaban J connectivity index is 2.02. The van der Waals surface area contributed by atoms with E-state index in [4.69, 9.17) is 14.2 Å². The molecular weight excluding hydrogens is 520 g/mol. The molecule has 0 saturated carbocycles. The molecule has 1 N–H and O–H groups in total. The molecular formula is C21H19FIN3O5. The molecule has 0 atom stereocenters. The SMILES string of the molecule is COc1ccncc1-c1ccc2c(I)cnc(OC(=O)NC(=O)OC(C)(C)C)c2c1F. The second-order valence-corrected chi connectivity index (χ2v) is 8.52. The summed E-state index contributed by atoms with van der Waals surface area (Å²) in [6.45, 7) is 4.95. The Morgan fingerprint density at radius 2 is 1.84 bits per heavy atom. The lowest BCUT2D eigenvalue weighted by atomic mass is 10.0. The fourth-order valence-electron chi connectivity index (χ4n) is 2.78. The van der Waals surface area contributed by atoms with Crippen molar-refractivity contribution in [1.29, 1.82) is 0 Å². The number of amides is 2. The van der Waals surface area contributed by atoms with Crippen molar-refractivity contribution in [3.8, 4) is 22.8 Å². The molecule has 2 amide bonds. The van der Waals surface area contributed by atoms with Crippen LogP contribution in [0.3, 0.4) is 0 Å². The van der Waals surface area contributed by atoms with Gasteiger partial charge < -0.3 is 14.2 Å². The lowest BCUT2D eigenvalue weighted by Crippen LogP contribution is -2.38. The first-order valence-corrected chi connectivity index (χ1v) is 10.2. The molecule has 2 heterocycles. The summed E-state index contributed by atoms with van der Waals surface area (Å²) in [5, 5.41) is 2.40. The van der Waals surface area contributed by atoms with E-state index < -0.39 is 23.6 Å². The molecule has 0 aliphatic rings. The van der Waals surface area contributed by atoms with Crippen LogP contribution in [-0.2, 0) is 4.74 Å². The summed E-state index contributed by atoms with van der Waals surface area (Å²) in [4.78, 5) is 32.0. The number of carbonyl (C=O) groups is 2. The topological polar surface area (TPSA) is 99.6 Å². The minimum absolute atomic E-state index is 0.0188. The van der Waals surface area contributed by atoms with E-state index in [0.717, 1.165) is 0 Å². The van der Waals surface area contributed by atoms with Crippen molar-refractivity contribution < 1.29 is 28.2 Å². The molecule has 0 aliphatic heterocycles. The largest absolute Gasteiger partial charge is 0.496 e. The number of pyridine rings is 2. The van der Waals surface area contributed by atoms with Crippen LogP contribution >= 0.6 is 22.6 Å². The van der Waals surface area contributed by atoms with Crippen molar-refractivity contribution in [2.45, 2.75) is 26.4 Å². The van der Waals surface area contributed by atoms with Crippen molar-refractivity contribution in [2.24, 2.45) is 0 Å². The number of aromatic nitrogens is 2. The molecule has 3 aromatic rings. The number of imide groups is 1. The van der Waals surface area contributed by atoms with Crippen LogP contribution in [0.5, 0.6) is 11.6 Å². The number of benzene rings is 1. The van der Waals surface area contributed by atoms with Crippen LogP contribution in [0.2, 0.25) is 0 Å². The fourth-order valence-corrected chi connectivity index (χ4v) is 3.37. The van der Waals surface area contributed by atoms with Crippen LogP contribution in [-0.4, -0.2) is 34.9 Å². The highest BCUT2D eigenvalue weighted by Gasteiger charge is 2.23. The maximum atomic E-state index is 15.6. The Labute approximate surface area is 191 Å². The van der Waals surface area contributed by atoms with Crippen molar-refractivity contribution in [3.63, 3.8) is 0 Å². The first-order chi connectivity index (χ1) is 14.6. The van der Waals surface area contributed by atoms with Gasteiger partial charge in [-0.05, 0) is 49.4 Å². The molecule has 0 unspecified atom stereocenters. The Morgan fingerprint density at radius 1 is 1.10 bits per heavy atom. The number of hydrogen-bond donors (Lipinski definition) is 1. The molecule has 3 rings (SSSR count). The van der Waals surface area contributed by atoms with Gasteiger partial charge in [-0.1, -0.05) is 12.1 Å². The molecule has 2 aromatic heterocycles. The van der Waals surface area contributed by atoms with E-state index in [9.17, 15) is 9.59 Å². The van der Waals surface area contributed by atoms with Gasteiger partial charge in [-0.3, -0.25) is 4.98 Å². The van der Waals surface area contributed by atoms with Crippen LogP contribution in [0.15, 0.2) is 36.8 Å². The number of methoxy groups -OCH3 is 1. The predicted octanol–water partition coefficient (Wildman–Crippen LogP) is 5.07. The van der Waals surface area contributed by atoms with Crippen molar-refractivity contribution in [3.05, 3.63) is 46.2 Å². The van der Waals surface area contributed by atoms with E-state index in [-0.39, 0.29) is 16.8 Å². The van der Waals surface area contributed by atoms with Gasteiger partial charge in [0.2, 0.25) is 5.88 Å². The van der Waals surface area contributed by atoms with E-state index in [1.54, 1.807) is 39.0 Å². The Bertz CT molecular complexity index is 1160. The number of nitrogens with zero attached hydrogens (tertiary/aromatic N) is 2. The number of fused-ring (bicyclic) bond motifs is 1. The van der Waals surface area contributed by atoms with Crippen LogP contribution in [0.1, 0.15) is 20.8 Å². The minimum atomic E-state index is -1.15. The number of halogens is 2. The second-order valence-electron chi connectivity index (χ2n) is 7.35. The quantitative estimate of drug-likeness (QED) is 0.464. The fraction of sp³-hybridized carbons (Fsp3) is 0.238. The van der Waals surface area contributed by atoms with Gasteiger partial charge in [0.25, 0.3) is 0 Å². The molecule has 1 aromatic carbocycles. The van der Waals surface area contributed by atoms with E-state index in [2.05, 4.69) is 9.97 Å². The first kappa shape index (κ1) is 22.7. The number of rotatable bonds is 3. The maximum Gasteiger partial charge on any atom is 0.423 e. The summed E-state index contributed by atoms with van der Waals surface area (Å²) < 4.78 is 31.7. The van der Waals surface area contributed by atoms with E-state index in [1.807, 2.05) is 27.9 Å². The van der Waals surface area contributed by atoms with Crippen LogP contribution in [0, 0.1) is 9.39 Å². The molecule has 10 heteroatoms. The Hall–Kier alpha value is -3.02. The normalized spacial score (nSPS) is 11.2. The van der Waals surface area contributed by atoms with E-state index in [1.165, 1.54) is 25.7 Å². The van der Waals surface area contributed by atoms with Gasteiger partial charge in [-0.2, -0.15) is 0 Å². The van der Waals surface area contributed by atoms with Gasteiger partial charge >= 0.3 is 12.2 Å². The van der Waals surface area contributed by atoms with Crippen LogP contribution < -0.4 is 14.8 Å². The molecule has 31 heavy (non-hydrogen) atoms. The molecule has 0 aliphatic carbocycles. The van der Waals surface area contributed by atoms with Crippen LogP contribution in [0.4, 0.5) is 14.0 Å². The zero-order valence-corrected chi connectivity index (χ0v) is 19.3. The predicted molar refractivity (Wildman–Crippen MR) is 120 cm³/mol. The zero-order valence-electron chi connectivity index (χ0n) is 17.2. The Morgan fingerprint density at radius 3 is 2.52 bits per heavy atom. The van der Waals surface area contributed by atoms with Gasteiger partial charge in [-0.25, -0.2) is 24.3 Å². The summed E-state index contributed by atoms with van der Waals surface area (Å²) in [6, 6.07) is 4.88. The van der Waals surface area contributed by atoms with E-state index in [0.29, 0.717) is 20.3 Å². The number of ether oxygens (including phenoxy) is 3. The summed E-state index contributed by atoms with van der Waals surface area (Å²) in [5.41, 5.74) is -0.187. The summed E-state index contributed by atoms with van der Waals surface area (Å²) in [5.74, 6) is -0.537. The third kappa shape index (κ3) is 5.19. The highest BCUT2D eigenvalue weighted by molar-refractivity contribution is 14.1. The lowest BCUT2D eigenvalue weighted by molar-refractivity contribution is 0.0533. The first-order valence-electron chi connectivity index (χ1n) is 9.07. The number of carbonyl (C=O) groups excluding carboxylic acids is 2. The van der Waals surface area contributed by atoms with Gasteiger partial charge in [0, 0.05) is 38.7 Å². The second kappa shape index (κ2) is 9.00. The number of hydrogen-bond acceptors (Lipinski definition) is 7. The molecule has 0 bridgehead atoms. The van der Waals surface area contributed by atoms with Crippen molar-refractivity contribution in [2.75, 3.05) is 7.11 Å². The van der Waals surface area contributed by atoms with Crippen molar-refractivity contribution >= 4 is 45.5 Å². The smallest absolute Gasteiger partial charge is 0.423 e. The summed E-state index contributed by atoms with van der Waals surface area (Å²) in [6.07, 6.45) is 2.30. The average Bonchev–Trinajstić information content (AvgIpc) is 2.68. The summed E-state index contributed by atoms with van der Waals surface area (Å²) >= 11 is 2.00. The number of alkyl carbamates (subject to hydrolysis) is 1. The maximum absolute atomic E-state index is 15.6. The van der Waals surface area contributed by atoms with Gasteiger partial charge in [0.1, 0.15) is 17.2 Å². The average molecular weight is 539 g/mol. The minimum Gasteiger partial charge on any atom is -0.496 e. The highest BCUT2D eigenvalue weighted by atomic mass is 127. The van der Waals surface area contributed by atoms with Gasteiger partial charge in [0.15, 0.2) is 0 Å². The van der Waals surface area contributed by atoms with Gasteiger partial charge in [0.05, 0.1) is 12.5 Å². The lowest BCUT2D eigenvalue weighted by Gasteiger charge is -2.19. The number of nitrogens with one attached hydrogen (secondary N) is 1. The molecule has 0 fully saturated rings. The van der Waals surface area contributed by atoms with Crippen molar-refractivity contribution in [1.82, 2.24) is 15.3 Å².